The summed E-state index contributed by atoms with van der Waals surface area (Å²) in [6, 6.07) is 33.9. The first-order valence-electron chi connectivity index (χ1n) is 11.9. The zero-order valence-electron chi connectivity index (χ0n) is 19.9. The molecule has 0 saturated heterocycles. The monoisotopic (exact) mass is 477 g/mol. The van der Waals surface area contributed by atoms with E-state index in [1.165, 1.54) is 0 Å². The third kappa shape index (κ3) is 4.28. The van der Waals surface area contributed by atoms with Crippen LogP contribution in [0.15, 0.2) is 109 Å². The minimum Gasteiger partial charge on any atom is -0.392 e. The van der Waals surface area contributed by atoms with Crippen LogP contribution in [-0.2, 0) is 5.60 Å². The Hall–Kier alpha value is -4.26. The molecule has 1 heterocycles. The largest absolute Gasteiger partial charge is 0.392 e. The minimum absolute atomic E-state index is 0.155. The highest BCUT2D eigenvalue weighted by Crippen LogP contribution is 2.39. The van der Waals surface area contributed by atoms with Crippen molar-refractivity contribution in [2.24, 2.45) is 0 Å². The van der Waals surface area contributed by atoms with E-state index in [2.05, 4.69) is 5.32 Å². The van der Waals surface area contributed by atoms with Crippen molar-refractivity contribution in [1.82, 2.24) is 14.9 Å². The van der Waals surface area contributed by atoms with Crippen LogP contribution < -0.4 is 5.32 Å². The molecule has 4 aromatic carbocycles. The number of fused-ring (bicyclic) bond motifs is 1. The lowest BCUT2D eigenvalue weighted by atomic mass is 9.85. The summed E-state index contributed by atoms with van der Waals surface area (Å²) >= 11 is 0. The van der Waals surface area contributed by atoms with E-state index in [0.717, 1.165) is 5.69 Å². The van der Waals surface area contributed by atoms with Crippen LogP contribution in [0.5, 0.6) is 0 Å². The number of aromatic nitrogens is 2. The van der Waals surface area contributed by atoms with Gasteiger partial charge in [0.2, 0.25) is 0 Å². The number of carbonyl (C=O) groups excluding carboxylic acids is 1. The zero-order chi connectivity index (χ0) is 25.1. The third-order valence-corrected chi connectivity index (χ3v) is 6.20. The summed E-state index contributed by atoms with van der Waals surface area (Å²) in [4.78, 5) is 17.7. The Morgan fingerprint density at radius 2 is 1.44 bits per heavy atom. The number of aliphatic hydroxyl groups excluding tert-OH is 1. The lowest BCUT2D eigenvalue weighted by Gasteiger charge is -2.29. The van der Waals surface area contributed by atoms with Crippen LogP contribution in [-0.4, -0.2) is 38.3 Å². The average molecular weight is 478 g/mol. The molecule has 0 spiro atoms. The number of para-hydroxylation sites is 1. The highest BCUT2D eigenvalue weighted by atomic mass is 16.3. The highest BCUT2D eigenvalue weighted by Gasteiger charge is 2.39. The summed E-state index contributed by atoms with van der Waals surface area (Å²) in [6.45, 7) is 1.77. The normalized spacial score (nSPS) is 12.4. The van der Waals surface area contributed by atoms with E-state index in [9.17, 15) is 15.0 Å². The molecule has 0 aliphatic heterocycles. The first kappa shape index (κ1) is 23.5. The molecule has 1 aromatic heterocycles. The molecule has 180 valence electrons. The zero-order valence-corrected chi connectivity index (χ0v) is 19.9. The number of aliphatic hydroxyl groups is 2. The van der Waals surface area contributed by atoms with Crippen LogP contribution in [0.25, 0.3) is 16.7 Å². The second kappa shape index (κ2) is 9.77. The van der Waals surface area contributed by atoms with E-state index < -0.39 is 11.7 Å². The fourth-order valence-corrected chi connectivity index (χ4v) is 4.42. The summed E-state index contributed by atoms with van der Waals surface area (Å²) in [5.41, 5.74) is 2.37. The van der Waals surface area contributed by atoms with E-state index in [4.69, 9.17) is 4.98 Å². The number of carbonyl (C=O) groups is 1. The van der Waals surface area contributed by atoms with Gasteiger partial charge in [0.05, 0.1) is 17.1 Å². The van der Waals surface area contributed by atoms with Gasteiger partial charge in [-0.3, -0.25) is 9.36 Å². The van der Waals surface area contributed by atoms with Gasteiger partial charge in [0.25, 0.3) is 5.91 Å². The molecule has 3 N–H and O–H groups in total. The third-order valence-electron chi connectivity index (χ3n) is 6.20. The Balaban J connectivity index is 1.78. The Kier molecular flexibility index (Phi) is 6.38. The number of rotatable bonds is 7. The SMILES string of the molecule is C[C@@H](O)CNC(=O)c1ccc2nc(C(O)(c3ccccc3)c3ccccc3)n(-c3ccccc3)c2c1. The maximum atomic E-state index is 12.8. The average Bonchev–Trinajstić information content (AvgIpc) is 3.32. The van der Waals surface area contributed by atoms with Crippen LogP contribution in [0.1, 0.15) is 34.2 Å². The molecule has 0 bridgehead atoms. The fourth-order valence-electron chi connectivity index (χ4n) is 4.42. The Morgan fingerprint density at radius 1 is 0.889 bits per heavy atom. The highest BCUT2D eigenvalue weighted by molar-refractivity contribution is 5.97. The number of nitrogens with zero attached hydrogens (tertiary/aromatic N) is 2. The predicted octanol–water partition coefficient (Wildman–Crippen LogP) is 4.42. The van der Waals surface area contributed by atoms with Gasteiger partial charge in [0, 0.05) is 17.8 Å². The van der Waals surface area contributed by atoms with Crippen LogP contribution in [0, 0.1) is 0 Å². The van der Waals surface area contributed by atoms with Crippen LogP contribution in [0.3, 0.4) is 0 Å². The summed E-state index contributed by atoms with van der Waals surface area (Å²) in [5, 5.41) is 24.8. The van der Waals surface area contributed by atoms with Crippen molar-refractivity contribution in [3.8, 4) is 5.69 Å². The number of amides is 1. The van der Waals surface area contributed by atoms with Crippen LogP contribution in [0.4, 0.5) is 0 Å². The van der Waals surface area contributed by atoms with Gasteiger partial charge in [-0.05, 0) is 48.4 Å². The number of hydrogen-bond acceptors (Lipinski definition) is 4. The number of imidazole rings is 1. The molecule has 36 heavy (non-hydrogen) atoms. The van der Waals surface area contributed by atoms with Crippen molar-refractivity contribution in [2.45, 2.75) is 18.6 Å². The van der Waals surface area contributed by atoms with Crippen molar-refractivity contribution in [3.05, 3.63) is 132 Å². The molecular weight excluding hydrogens is 450 g/mol. The molecule has 0 unspecified atom stereocenters. The molecule has 0 aliphatic carbocycles. The van der Waals surface area contributed by atoms with Crippen molar-refractivity contribution < 1.29 is 15.0 Å². The second-order valence-electron chi connectivity index (χ2n) is 8.81. The Morgan fingerprint density at radius 3 is 2.00 bits per heavy atom. The van der Waals surface area contributed by atoms with Gasteiger partial charge >= 0.3 is 0 Å². The quantitative estimate of drug-likeness (QED) is 0.324. The molecule has 0 radical (unpaired) electrons. The first-order valence-corrected chi connectivity index (χ1v) is 11.9. The molecule has 0 aliphatic rings. The molecule has 1 atom stereocenters. The van der Waals surface area contributed by atoms with Crippen molar-refractivity contribution in [3.63, 3.8) is 0 Å². The smallest absolute Gasteiger partial charge is 0.251 e. The topological polar surface area (TPSA) is 87.4 Å². The summed E-state index contributed by atoms with van der Waals surface area (Å²) in [5.74, 6) is 0.129. The Bertz CT molecular complexity index is 1440. The van der Waals surface area contributed by atoms with Gasteiger partial charge < -0.3 is 15.5 Å². The van der Waals surface area contributed by atoms with Crippen LogP contribution >= 0.6 is 0 Å². The van der Waals surface area contributed by atoms with Crippen molar-refractivity contribution >= 4 is 16.9 Å². The van der Waals surface area contributed by atoms with Gasteiger partial charge in [0.1, 0.15) is 0 Å². The first-order chi connectivity index (χ1) is 17.5. The fraction of sp³-hybridized carbons (Fsp3) is 0.133. The molecule has 6 nitrogen and oxygen atoms in total. The second-order valence-corrected chi connectivity index (χ2v) is 8.81. The van der Waals surface area contributed by atoms with Gasteiger partial charge in [-0.15, -0.1) is 0 Å². The lowest BCUT2D eigenvalue weighted by molar-refractivity contribution is 0.0924. The lowest BCUT2D eigenvalue weighted by Crippen LogP contribution is -2.32. The van der Waals surface area contributed by atoms with Gasteiger partial charge in [-0.1, -0.05) is 78.9 Å². The van der Waals surface area contributed by atoms with Gasteiger partial charge in [0.15, 0.2) is 11.4 Å². The van der Waals surface area contributed by atoms with E-state index in [-0.39, 0.29) is 12.5 Å². The van der Waals surface area contributed by atoms with E-state index in [0.29, 0.717) is 33.5 Å². The van der Waals surface area contributed by atoms with Crippen molar-refractivity contribution in [2.75, 3.05) is 6.54 Å². The molecule has 5 rings (SSSR count). The van der Waals surface area contributed by atoms with Crippen molar-refractivity contribution in [1.29, 1.82) is 0 Å². The van der Waals surface area contributed by atoms with E-state index >= 15 is 0 Å². The van der Waals surface area contributed by atoms with Gasteiger partial charge in [-0.25, -0.2) is 4.98 Å². The molecule has 5 aromatic rings. The Labute approximate surface area is 209 Å². The summed E-state index contributed by atoms with van der Waals surface area (Å²) < 4.78 is 1.90. The maximum absolute atomic E-state index is 12.8. The van der Waals surface area contributed by atoms with Crippen LogP contribution in [0.2, 0.25) is 0 Å². The number of benzene rings is 4. The molecule has 0 saturated carbocycles. The summed E-state index contributed by atoms with van der Waals surface area (Å²) in [6.07, 6.45) is -0.647. The molecule has 6 heteroatoms. The minimum atomic E-state index is -1.56. The number of nitrogens with one attached hydrogen (secondary N) is 1. The van der Waals surface area contributed by atoms with E-state index in [1.54, 1.807) is 25.1 Å². The molecule has 1 amide bonds. The number of hydrogen-bond donors (Lipinski definition) is 3. The summed E-state index contributed by atoms with van der Waals surface area (Å²) in [7, 11) is 0. The maximum Gasteiger partial charge on any atom is 0.251 e. The van der Waals surface area contributed by atoms with E-state index in [1.807, 2.05) is 95.6 Å². The van der Waals surface area contributed by atoms with Gasteiger partial charge in [-0.2, -0.15) is 0 Å². The predicted molar refractivity (Wildman–Crippen MR) is 140 cm³/mol. The molecule has 0 fully saturated rings. The molecular formula is C30H27N3O3. The standard InChI is InChI=1S/C30H27N3O3/c1-21(34)20-31-28(35)22-17-18-26-27(19-22)33(25-15-9-4-10-16-25)29(32-26)30(36,23-11-5-2-6-12-23)24-13-7-3-8-14-24/h2-19,21,34,36H,20H2,1H3,(H,31,35)/t21-/m1/s1.